The molecule has 6 rings (SSSR count). The first-order chi connectivity index (χ1) is 15.1. The van der Waals surface area contributed by atoms with Crippen LogP contribution in [0, 0.1) is 5.95 Å². The first-order valence-corrected chi connectivity index (χ1v) is 10.7. The number of hydrogen-bond acceptors (Lipinski definition) is 3. The van der Waals surface area contributed by atoms with Crippen LogP contribution in [0.15, 0.2) is 53.8 Å². The lowest BCUT2D eigenvalue weighted by Gasteiger charge is -2.32. The third-order valence-electron chi connectivity index (χ3n) is 6.49. The maximum absolute atomic E-state index is 13.3. The van der Waals surface area contributed by atoms with Gasteiger partial charge in [-0.3, -0.25) is 14.5 Å². The topological polar surface area (TPSA) is 55.4 Å². The van der Waals surface area contributed by atoms with Gasteiger partial charge in [0, 0.05) is 42.9 Å². The van der Waals surface area contributed by atoms with Crippen molar-refractivity contribution in [1.29, 1.82) is 0 Å². The molecule has 0 bridgehead atoms. The minimum absolute atomic E-state index is 0.00956. The van der Waals surface area contributed by atoms with Crippen LogP contribution in [0.5, 0.6) is 0 Å². The van der Waals surface area contributed by atoms with Crippen LogP contribution in [0.1, 0.15) is 35.6 Å². The highest BCUT2D eigenvalue weighted by atomic mass is 19.1. The van der Waals surface area contributed by atoms with Gasteiger partial charge in [0.25, 0.3) is 0 Å². The summed E-state index contributed by atoms with van der Waals surface area (Å²) in [6.45, 7) is 0.744. The molecule has 6 nitrogen and oxygen atoms in total. The SMILES string of the molecule is Cn1c(C2CC2)cn1C1=NCC(=O)N2CCc3c(cccc3-c3ccc(F)nc3)C2=C1. The number of allylic oxidation sites excluding steroid dienone is 1. The number of pyridine rings is 1. The van der Waals surface area contributed by atoms with Gasteiger partial charge in [-0.2, -0.15) is 4.39 Å². The zero-order chi connectivity index (χ0) is 21.1. The van der Waals surface area contributed by atoms with Gasteiger partial charge < -0.3 is 4.90 Å². The van der Waals surface area contributed by atoms with Crippen LogP contribution in [-0.4, -0.2) is 44.1 Å². The van der Waals surface area contributed by atoms with E-state index in [9.17, 15) is 9.18 Å². The molecule has 0 atom stereocenters. The number of rotatable bonds is 2. The molecule has 3 aliphatic rings. The van der Waals surface area contributed by atoms with Gasteiger partial charge in [-0.05, 0) is 42.5 Å². The molecule has 2 aliphatic heterocycles. The summed E-state index contributed by atoms with van der Waals surface area (Å²) in [5.74, 6) is 0.963. The summed E-state index contributed by atoms with van der Waals surface area (Å²) in [5.41, 5.74) is 6.28. The van der Waals surface area contributed by atoms with Crippen molar-refractivity contribution in [2.45, 2.75) is 25.2 Å². The highest BCUT2D eigenvalue weighted by Gasteiger charge is 2.32. The first kappa shape index (κ1) is 18.3. The van der Waals surface area contributed by atoms with E-state index in [1.54, 1.807) is 12.3 Å². The number of aromatic nitrogens is 3. The lowest BCUT2D eigenvalue weighted by atomic mass is 9.89. The Kier molecular flexibility index (Phi) is 4.00. The summed E-state index contributed by atoms with van der Waals surface area (Å²) in [6, 6.07) is 9.20. The van der Waals surface area contributed by atoms with Crippen molar-refractivity contribution in [2.75, 3.05) is 13.1 Å². The van der Waals surface area contributed by atoms with E-state index in [1.807, 2.05) is 34.8 Å². The highest BCUT2D eigenvalue weighted by molar-refractivity contribution is 6.06. The standard InChI is InChI=1S/C24H22FN5O/c1-28-21(15-5-6-15)14-30(28)23-11-20-19-4-2-3-17(16-7-8-22(25)26-12-16)18(19)9-10-29(20)24(31)13-27-23/h2-4,7-8,11-12,14-15H,5-6,9-10,13H2,1H3. The van der Waals surface area contributed by atoms with Crippen LogP contribution in [0.3, 0.4) is 0 Å². The zero-order valence-corrected chi connectivity index (χ0v) is 17.3. The molecule has 1 fully saturated rings. The van der Waals surface area contributed by atoms with Crippen molar-refractivity contribution in [3.05, 3.63) is 71.6 Å². The molecule has 7 heteroatoms. The summed E-state index contributed by atoms with van der Waals surface area (Å²) in [5, 5.41) is 0. The molecule has 0 spiro atoms. The Morgan fingerprint density at radius 1 is 1.13 bits per heavy atom. The fourth-order valence-electron chi connectivity index (χ4n) is 4.68. The van der Waals surface area contributed by atoms with Crippen molar-refractivity contribution in [3.63, 3.8) is 0 Å². The van der Waals surface area contributed by atoms with Gasteiger partial charge in [0.15, 0.2) is 0 Å². The Hall–Kier alpha value is -3.48. The quantitative estimate of drug-likeness (QED) is 0.601. The Balaban J connectivity index is 1.45. The number of halogens is 1. The average Bonchev–Trinajstić information content (AvgIpc) is 3.62. The highest BCUT2D eigenvalue weighted by Crippen LogP contribution is 2.41. The van der Waals surface area contributed by atoms with E-state index in [0.29, 0.717) is 12.5 Å². The molecule has 1 amide bonds. The number of benzene rings is 1. The summed E-state index contributed by atoms with van der Waals surface area (Å²) < 4.78 is 17.5. The molecular weight excluding hydrogens is 393 g/mol. The van der Waals surface area contributed by atoms with Crippen molar-refractivity contribution < 1.29 is 9.18 Å². The molecule has 0 N–H and O–H groups in total. The van der Waals surface area contributed by atoms with E-state index >= 15 is 0 Å². The predicted octanol–water partition coefficient (Wildman–Crippen LogP) is 3.59. The third-order valence-corrected chi connectivity index (χ3v) is 6.49. The lowest BCUT2D eigenvalue weighted by Crippen LogP contribution is -2.36. The van der Waals surface area contributed by atoms with Gasteiger partial charge in [-0.15, -0.1) is 0 Å². The maximum atomic E-state index is 13.3. The Bertz CT molecular complexity index is 1260. The molecule has 4 heterocycles. The molecule has 31 heavy (non-hydrogen) atoms. The molecular formula is C24H22FN5O. The van der Waals surface area contributed by atoms with Crippen molar-refractivity contribution in [1.82, 2.24) is 19.2 Å². The molecule has 1 aromatic carbocycles. The Morgan fingerprint density at radius 3 is 2.71 bits per heavy atom. The molecule has 3 aromatic rings. The number of nitrogens with zero attached hydrogens (tertiary/aromatic N) is 5. The third kappa shape index (κ3) is 2.95. The lowest BCUT2D eigenvalue weighted by molar-refractivity contribution is -0.126. The van der Waals surface area contributed by atoms with Gasteiger partial charge in [0.1, 0.15) is 12.4 Å². The van der Waals surface area contributed by atoms with E-state index in [1.165, 1.54) is 24.6 Å². The summed E-state index contributed by atoms with van der Waals surface area (Å²) >= 11 is 0. The first-order valence-electron chi connectivity index (χ1n) is 10.7. The van der Waals surface area contributed by atoms with E-state index in [0.717, 1.165) is 40.2 Å². The van der Waals surface area contributed by atoms with E-state index < -0.39 is 5.95 Å². The molecule has 1 aliphatic carbocycles. The molecule has 156 valence electrons. The zero-order valence-electron chi connectivity index (χ0n) is 17.3. The van der Waals surface area contributed by atoms with E-state index in [2.05, 4.69) is 26.9 Å². The van der Waals surface area contributed by atoms with Gasteiger partial charge in [0.05, 0.1) is 17.6 Å². The van der Waals surface area contributed by atoms with E-state index in [4.69, 9.17) is 0 Å². The van der Waals surface area contributed by atoms with Crippen LogP contribution in [0.2, 0.25) is 0 Å². The van der Waals surface area contributed by atoms with Crippen LogP contribution in [0.25, 0.3) is 16.8 Å². The number of carbonyl (C=O) groups is 1. The molecule has 2 aromatic heterocycles. The van der Waals surface area contributed by atoms with Gasteiger partial charge in [-0.25, -0.2) is 9.67 Å². The number of carbonyl (C=O) groups excluding carboxylic acids is 1. The summed E-state index contributed by atoms with van der Waals surface area (Å²) in [4.78, 5) is 23.1. The fraction of sp³-hybridized carbons (Fsp3) is 0.292. The molecule has 0 radical (unpaired) electrons. The molecule has 0 unspecified atom stereocenters. The minimum atomic E-state index is -0.491. The number of amides is 1. The average molecular weight is 415 g/mol. The predicted molar refractivity (Wildman–Crippen MR) is 116 cm³/mol. The summed E-state index contributed by atoms with van der Waals surface area (Å²) in [7, 11) is 2.05. The largest absolute Gasteiger partial charge is 0.310 e. The fourth-order valence-corrected chi connectivity index (χ4v) is 4.68. The Labute approximate surface area is 179 Å². The van der Waals surface area contributed by atoms with Crippen LogP contribution >= 0.6 is 0 Å². The van der Waals surface area contributed by atoms with Crippen LogP contribution < -0.4 is 0 Å². The van der Waals surface area contributed by atoms with Gasteiger partial charge in [0.2, 0.25) is 11.9 Å². The second-order valence-corrected chi connectivity index (χ2v) is 8.40. The van der Waals surface area contributed by atoms with Gasteiger partial charge in [-0.1, -0.05) is 18.2 Å². The minimum Gasteiger partial charge on any atom is -0.310 e. The van der Waals surface area contributed by atoms with E-state index in [-0.39, 0.29) is 12.5 Å². The van der Waals surface area contributed by atoms with Crippen molar-refractivity contribution in [3.8, 4) is 11.1 Å². The molecule has 1 saturated carbocycles. The smallest absolute Gasteiger partial charge is 0.248 e. The summed E-state index contributed by atoms with van der Waals surface area (Å²) in [6.07, 6.45) is 8.95. The monoisotopic (exact) mass is 415 g/mol. The van der Waals surface area contributed by atoms with Gasteiger partial charge >= 0.3 is 0 Å². The maximum Gasteiger partial charge on any atom is 0.248 e. The number of fused-ring (bicyclic) bond motifs is 3. The normalized spacial score (nSPS) is 18.3. The second-order valence-electron chi connectivity index (χ2n) is 8.40. The number of hydrogen-bond donors (Lipinski definition) is 0. The van der Waals surface area contributed by atoms with Crippen molar-refractivity contribution in [2.24, 2.45) is 12.0 Å². The van der Waals surface area contributed by atoms with Crippen molar-refractivity contribution >= 4 is 17.4 Å². The second kappa shape index (κ2) is 6.77. The molecule has 0 saturated heterocycles. The van der Waals surface area contributed by atoms with Crippen LogP contribution in [-0.2, 0) is 18.3 Å². The Morgan fingerprint density at radius 2 is 1.97 bits per heavy atom. The number of aliphatic imine (C=N–C) groups is 1. The van der Waals surface area contributed by atoms with Crippen LogP contribution in [0.4, 0.5) is 4.39 Å².